The summed E-state index contributed by atoms with van der Waals surface area (Å²) >= 11 is 0. The molecular weight excluding hydrogens is 760 g/mol. The van der Waals surface area contributed by atoms with Crippen LogP contribution in [0, 0.1) is 0 Å². The van der Waals surface area contributed by atoms with Crippen LogP contribution >= 0.6 is 0 Å². The standard InChI is InChI=1S/C38H48O19/c1-14(2)5-10-18-21(53-37-31(49)28(46)26(44)22(12-39)54-37)11-19(40)23-27(45)34(32(55-33(18)23)16-6-8-17(50-4)9-7-16)56-38-35(29(47)24(42)15(3)52-38)57-36-30(48)25(43)20(41)13-51-36/h5-9,11,15,20,22,24-26,28-31,35-44,46-49H,10,12-13H2,1-4H3/t15-,20+,22-,24-,25+,26-,28+,29-,30+,31-,35+,36+,37-,38-/m1/s1. The van der Waals surface area contributed by atoms with Crippen molar-refractivity contribution in [2.75, 3.05) is 20.3 Å². The van der Waals surface area contributed by atoms with Crippen molar-refractivity contribution in [1.29, 1.82) is 0 Å². The van der Waals surface area contributed by atoms with E-state index >= 15 is 0 Å². The summed E-state index contributed by atoms with van der Waals surface area (Å²) in [6.45, 7) is 3.84. The molecule has 0 radical (unpaired) electrons. The van der Waals surface area contributed by atoms with Gasteiger partial charge in [-0.1, -0.05) is 11.6 Å². The smallest absolute Gasteiger partial charge is 0.239 e. The molecule has 0 spiro atoms. The highest BCUT2D eigenvalue weighted by atomic mass is 16.8. The number of methoxy groups -OCH3 is 1. The number of aliphatic hydroxyl groups excluding tert-OH is 9. The second kappa shape index (κ2) is 17.5. The number of hydrogen-bond acceptors (Lipinski definition) is 19. The van der Waals surface area contributed by atoms with Crippen molar-refractivity contribution in [2.24, 2.45) is 0 Å². The first-order chi connectivity index (χ1) is 27.1. The molecular formula is C38H48O19. The summed E-state index contributed by atoms with van der Waals surface area (Å²) < 4.78 is 46.5. The highest BCUT2D eigenvalue weighted by Gasteiger charge is 2.50. The van der Waals surface area contributed by atoms with E-state index in [9.17, 15) is 55.9 Å². The van der Waals surface area contributed by atoms with Crippen molar-refractivity contribution < 1.29 is 88.6 Å². The van der Waals surface area contributed by atoms with Crippen molar-refractivity contribution in [3.05, 3.63) is 57.8 Å². The number of allylic oxidation sites excluding steroid dienone is 2. The molecule has 3 saturated heterocycles. The minimum atomic E-state index is -1.81. The fraction of sp³-hybridized carbons (Fsp3) is 0.553. The van der Waals surface area contributed by atoms with Gasteiger partial charge in [-0.15, -0.1) is 0 Å². The second-order valence-electron chi connectivity index (χ2n) is 14.4. The Bertz CT molecular complexity index is 1940. The summed E-state index contributed by atoms with van der Waals surface area (Å²) in [6.07, 6.45) is -21.0. The van der Waals surface area contributed by atoms with Crippen LogP contribution in [-0.4, -0.2) is 157 Å². The largest absolute Gasteiger partial charge is 0.507 e. The van der Waals surface area contributed by atoms with Gasteiger partial charge < -0.3 is 88.6 Å². The number of benzene rings is 2. The number of aliphatic hydroxyl groups is 9. The number of rotatable bonds is 11. The van der Waals surface area contributed by atoms with Crippen LogP contribution < -0.4 is 19.6 Å². The van der Waals surface area contributed by atoms with E-state index in [2.05, 4.69) is 0 Å². The lowest BCUT2D eigenvalue weighted by molar-refractivity contribution is -0.341. The first-order valence-electron chi connectivity index (χ1n) is 18.2. The average molecular weight is 809 g/mol. The van der Waals surface area contributed by atoms with Crippen LogP contribution in [0.4, 0.5) is 0 Å². The lowest BCUT2D eigenvalue weighted by Crippen LogP contribution is -2.62. The van der Waals surface area contributed by atoms with Crippen LogP contribution in [-0.2, 0) is 25.4 Å². The van der Waals surface area contributed by atoms with E-state index < -0.39 is 122 Å². The Morgan fingerprint density at radius 2 is 1.53 bits per heavy atom. The molecule has 3 fully saturated rings. The molecule has 0 amide bonds. The van der Waals surface area contributed by atoms with Gasteiger partial charge in [0.2, 0.25) is 23.8 Å². The molecule has 2 aromatic carbocycles. The van der Waals surface area contributed by atoms with Gasteiger partial charge in [0.25, 0.3) is 0 Å². The molecule has 6 rings (SSSR count). The van der Waals surface area contributed by atoms with Gasteiger partial charge in [0, 0.05) is 17.2 Å². The molecule has 3 aliphatic rings. The van der Waals surface area contributed by atoms with Crippen molar-refractivity contribution in [2.45, 2.75) is 113 Å². The molecule has 14 atom stereocenters. The zero-order valence-electron chi connectivity index (χ0n) is 31.3. The van der Waals surface area contributed by atoms with E-state index in [4.69, 9.17) is 37.6 Å². The highest BCUT2D eigenvalue weighted by Crippen LogP contribution is 2.42. The van der Waals surface area contributed by atoms with Crippen LogP contribution in [0.2, 0.25) is 0 Å². The van der Waals surface area contributed by atoms with Crippen LogP contribution in [0.5, 0.6) is 23.0 Å². The molecule has 314 valence electrons. The monoisotopic (exact) mass is 808 g/mol. The Balaban J connectivity index is 1.50. The van der Waals surface area contributed by atoms with Gasteiger partial charge >= 0.3 is 0 Å². The molecule has 19 nitrogen and oxygen atoms in total. The van der Waals surface area contributed by atoms with Gasteiger partial charge in [-0.25, -0.2) is 0 Å². The number of fused-ring (bicyclic) bond motifs is 1. The van der Waals surface area contributed by atoms with Crippen molar-refractivity contribution in [1.82, 2.24) is 0 Å². The molecule has 3 aromatic rings. The van der Waals surface area contributed by atoms with E-state index in [0.29, 0.717) is 5.75 Å². The molecule has 1 aromatic heterocycles. The highest BCUT2D eigenvalue weighted by molar-refractivity contribution is 5.91. The lowest BCUT2D eigenvalue weighted by Gasteiger charge is -2.44. The Hall–Kier alpha value is -3.93. The predicted octanol–water partition coefficient (Wildman–Crippen LogP) is -1.47. The van der Waals surface area contributed by atoms with Gasteiger partial charge in [-0.05, 0) is 51.5 Å². The fourth-order valence-electron chi connectivity index (χ4n) is 6.71. The third kappa shape index (κ3) is 8.48. The quantitative estimate of drug-likeness (QED) is 0.0990. The summed E-state index contributed by atoms with van der Waals surface area (Å²) in [5.74, 6) is -1.21. The van der Waals surface area contributed by atoms with Crippen LogP contribution in [0.25, 0.3) is 22.3 Å². The van der Waals surface area contributed by atoms with Gasteiger partial charge in [-0.2, -0.15) is 0 Å². The maximum absolute atomic E-state index is 14.7. The molecule has 0 bridgehead atoms. The first-order valence-corrected chi connectivity index (χ1v) is 18.2. The summed E-state index contributed by atoms with van der Waals surface area (Å²) in [5, 5.41) is 105. The number of phenolic OH excluding ortho intramolecular Hbond substituents is 1. The van der Waals surface area contributed by atoms with Crippen molar-refractivity contribution >= 4 is 11.0 Å². The third-order valence-electron chi connectivity index (χ3n) is 10.1. The first kappa shape index (κ1) is 42.7. The van der Waals surface area contributed by atoms with Gasteiger partial charge in [0.05, 0.1) is 26.4 Å². The molecule has 57 heavy (non-hydrogen) atoms. The van der Waals surface area contributed by atoms with E-state index in [0.717, 1.165) is 11.6 Å². The molecule has 0 saturated carbocycles. The van der Waals surface area contributed by atoms with Crippen molar-refractivity contribution in [3.8, 4) is 34.3 Å². The fourth-order valence-corrected chi connectivity index (χ4v) is 6.71. The van der Waals surface area contributed by atoms with Gasteiger partial charge in [-0.3, -0.25) is 4.79 Å². The zero-order valence-corrected chi connectivity index (χ0v) is 31.3. The summed E-state index contributed by atoms with van der Waals surface area (Å²) in [7, 11) is 1.45. The van der Waals surface area contributed by atoms with E-state index in [1.54, 1.807) is 32.1 Å². The Morgan fingerprint density at radius 3 is 2.18 bits per heavy atom. The zero-order chi connectivity index (χ0) is 41.5. The van der Waals surface area contributed by atoms with Gasteiger partial charge in [0.1, 0.15) is 83.2 Å². The minimum absolute atomic E-state index is 0.0184. The lowest BCUT2D eigenvalue weighted by atomic mass is 9.98. The van der Waals surface area contributed by atoms with Crippen LogP contribution in [0.3, 0.4) is 0 Å². The maximum atomic E-state index is 14.7. The van der Waals surface area contributed by atoms with Crippen LogP contribution in [0.1, 0.15) is 26.3 Å². The molecule has 0 unspecified atom stereocenters. The topological polar surface area (TPSA) is 297 Å². The average Bonchev–Trinajstić information content (AvgIpc) is 3.19. The summed E-state index contributed by atoms with van der Waals surface area (Å²) in [5.41, 5.74) is 0.0639. The van der Waals surface area contributed by atoms with Crippen LogP contribution in [0.15, 0.2) is 51.2 Å². The molecule has 3 aliphatic heterocycles. The SMILES string of the molecule is COc1ccc(-c2oc3c(CC=C(C)C)c(O[C@@H]4O[C@H](CO)[C@@H](O)[C@H](O)[C@H]4O)cc(O)c3c(=O)c2O[C@H]2O[C@H](C)[C@@H](O)[C@@H](O)[C@@H]2O[C@@H]2OC[C@H](O)[C@H](O)[C@@H]2O)cc1. The number of hydrogen-bond donors (Lipinski definition) is 10. The molecule has 10 N–H and O–H groups in total. The summed E-state index contributed by atoms with van der Waals surface area (Å²) in [4.78, 5) is 14.7. The second-order valence-corrected chi connectivity index (χ2v) is 14.4. The maximum Gasteiger partial charge on any atom is 0.239 e. The third-order valence-corrected chi connectivity index (χ3v) is 10.1. The molecule has 0 aliphatic carbocycles. The van der Waals surface area contributed by atoms with Crippen molar-refractivity contribution in [3.63, 3.8) is 0 Å². The molecule has 19 heteroatoms. The number of phenols is 1. The Labute approximate surface area is 325 Å². The predicted molar refractivity (Wildman–Crippen MR) is 193 cm³/mol. The van der Waals surface area contributed by atoms with Gasteiger partial charge in [0.15, 0.2) is 18.2 Å². The van der Waals surface area contributed by atoms with E-state index in [1.165, 1.54) is 26.2 Å². The normalized spacial score (nSPS) is 34.5. The van der Waals surface area contributed by atoms with E-state index in [1.807, 2.05) is 0 Å². The number of aromatic hydroxyl groups is 1. The Morgan fingerprint density at radius 1 is 0.842 bits per heavy atom. The Kier molecular flexibility index (Phi) is 13.1. The number of ether oxygens (including phenoxy) is 7. The van der Waals surface area contributed by atoms with E-state index in [-0.39, 0.29) is 34.6 Å². The molecule has 4 heterocycles. The summed E-state index contributed by atoms with van der Waals surface area (Å²) in [6, 6.07) is 7.26. The minimum Gasteiger partial charge on any atom is -0.507 e.